The van der Waals surface area contributed by atoms with Crippen LogP contribution in [0.5, 0.6) is 0 Å². The Morgan fingerprint density at radius 2 is 2.16 bits per heavy atom. The number of amides is 1. The maximum atomic E-state index is 11.4. The van der Waals surface area contributed by atoms with Gasteiger partial charge in [0.15, 0.2) is 0 Å². The van der Waals surface area contributed by atoms with Crippen molar-refractivity contribution in [1.82, 2.24) is 14.7 Å². The summed E-state index contributed by atoms with van der Waals surface area (Å²) in [4.78, 5) is 23.5. The van der Waals surface area contributed by atoms with E-state index in [0.717, 1.165) is 0 Å². The average molecular weight is 269 g/mol. The number of nitro groups is 1. The molecule has 106 valence electrons. The lowest BCUT2D eigenvalue weighted by molar-refractivity contribution is -0.384. The maximum absolute atomic E-state index is 11.4. The summed E-state index contributed by atoms with van der Waals surface area (Å²) in [5.74, 6) is 0.325. The minimum atomic E-state index is -0.454. The van der Waals surface area contributed by atoms with Crippen molar-refractivity contribution in [3.63, 3.8) is 0 Å². The molecule has 0 aliphatic rings. The molecule has 0 fully saturated rings. The topological polar surface area (TPSA) is 93.3 Å². The zero-order chi connectivity index (χ0) is 14.6. The predicted octanol–water partition coefficient (Wildman–Crippen LogP) is 1.01. The minimum Gasteiger partial charge on any atom is -0.364 e. The molecule has 1 aromatic rings. The van der Waals surface area contributed by atoms with Gasteiger partial charge in [0, 0.05) is 33.6 Å². The first-order valence-electron chi connectivity index (χ1n) is 6.04. The molecular formula is C11H19N5O3. The Labute approximate surface area is 111 Å². The van der Waals surface area contributed by atoms with Crippen LogP contribution in [0.1, 0.15) is 19.0 Å². The van der Waals surface area contributed by atoms with E-state index in [9.17, 15) is 14.9 Å². The van der Waals surface area contributed by atoms with E-state index in [2.05, 4.69) is 10.4 Å². The molecule has 0 aliphatic carbocycles. The molecule has 0 saturated carbocycles. The lowest BCUT2D eigenvalue weighted by atomic mass is 10.3. The summed E-state index contributed by atoms with van der Waals surface area (Å²) in [7, 11) is 3.34. The summed E-state index contributed by atoms with van der Waals surface area (Å²) < 4.78 is 1.54. The van der Waals surface area contributed by atoms with Crippen molar-refractivity contribution in [3.8, 4) is 0 Å². The molecule has 1 aromatic heterocycles. The van der Waals surface area contributed by atoms with E-state index < -0.39 is 4.92 Å². The molecule has 1 N–H and O–H groups in total. The molecule has 0 saturated heterocycles. The zero-order valence-electron chi connectivity index (χ0n) is 11.6. The van der Waals surface area contributed by atoms with Gasteiger partial charge in [-0.15, -0.1) is 0 Å². The van der Waals surface area contributed by atoms with Gasteiger partial charge in [0.25, 0.3) is 0 Å². The first-order chi connectivity index (χ1) is 8.88. The number of rotatable bonds is 6. The van der Waals surface area contributed by atoms with Gasteiger partial charge in [-0.25, -0.2) is 4.68 Å². The Balaban J connectivity index is 2.82. The number of anilines is 1. The third-order valence-corrected chi connectivity index (χ3v) is 2.71. The summed E-state index contributed by atoms with van der Waals surface area (Å²) in [6.45, 7) is 4.31. The molecule has 1 amide bonds. The zero-order valence-corrected chi connectivity index (χ0v) is 11.6. The van der Waals surface area contributed by atoms with Crippen LogP contribution in [-0.4, -0.2) is 46.2 Å². The molecule has 0 radical (unpaired) electrons. The number of carbonyl (C=O) groups excluding carboxylic acids is 1. The normalized spacial score (nSPS) is 10.3. The van der Waals surface area contributed by atoms with Crippen molar-refractivity contribution in [1.29, 1.82) is 0 Å². The summed E-state index contributed by atoms with van der Waals surface area (Å²) in [5.41, 5.74) is 0.340. The van der Waals surface area contributed by atoms with Crippen molar-refractivity contribution >= 4 is 17.4 Å². The lowest BCUT2D eigenvalue weighted by Crippen LogP contribution is -2.24. The first-order valence-corrected chi connectivity index (χ1v) is 6.04. The van der Waals surface area contributed by atoms with Crippen molar-refractivity contribution in [2.24, 2.45) is 0 Å². The molecule has 0 atom stereocenters. The summed E-state index contributed by atoms with van der Waals surface area (Å²) >= 11 is 0. The van der Waals surface area contributed by atoms with E-state index in [-0.39, 0.29) is 18.0 Å². The van der Waals surface area contributed by atoms with E-state index in [1.54, 1.807) is 21.0 Å². The maximum Gasteiger partial charge on any atom is 0.333 e. The minimum absolute atomic E-state index is 0.0286. The van der Waals surface area contributed by atoms with Gasteiger partial charge >= 0.3 is 5.69 Å². The third kappa shape index (κ3) is 3.43. The molecule has 0 spiro atoms. The second kappa shape index (κ2) is 6.17. The molecule has 0 bridgehead atoms. The summed E-state index contributed by atoms with van der Waals surface area (Å²) in [5, 5.41) is 18.0. The van der Waals surface area contributed by atoms with Crippen molar-refractivity contribution in [2.45, 2.75) is 26.8 Å². The quantitative estimate of drug-likeness (QED) is 0.614. The molecule has 1 rings (SSSR count). The smallest absolute Gasteiger partial charge is 0.333 e. The van der Waals surface area contributed by atoms with Crippen molar-refractivity contribution in [2.75, 3.05) is 26.0 Å². The highest BCUT2D eigenvalue weighted by atomic mass is 16.6. The van der Waals surface area contributed by atoms with Gasteiger partial charge in [0.2, 0.25) is 11.7 Å². The van der Waals surface area contributed by atoms with Crippen LogP contribution in [0.2, 0.25) is 0 Å². The van der Waals surface area contributed by atoms with Crippen LogP contribution in [0.25, 0.3) is 0 Å². The second-order valence-corrected chi connectivity index (χ2v) is 4.32. The van der Waals surface area contributed by atoms with Gasteiger partial charge in [-0.1, -0.05) is 0 Å². The molecule has 8 nitrogen and oxygen atoms in total. The highest BCUT2D eigenvalue weighted by Gasteiger charge is 2.24. The fraction of sp³-hybridized carbons (Fsp3) is 0.636. The molecular weight excluding hydrogens is 250 g/mol. The highest BCUT2D eigenvalue weighted by Crippen LogP contribution is 2.27. The van der Waals surface area contributed by atoms with Gasteiger partial charge < -0.3 is 10.2 Å². The van der Waals surface area contributed by atoms with E-state index in [1.807, 2.05) is 6.92 Å². The lowest BCUT2D eigenvalue weighted by Gasteiger charge is -2.11. The van der Waals surface area contributed by atoms with Crippen LogP contribution in [0.15, 0.2) is 0 Å². The number of nitrogens with one attached hydrogen (secondary N) is 1. The number of aromatic nitrogens is 2. The van der Waals surface area contributed by atoms with Crippen molar-refractivity contribution < 1.29 is 9.72 Å². The third-order valence-electron chi connectivity index (χ3n) is 2.71. The molecule has 19 heavy (non-hydrogen) atoms. The second-order valence-electron chi connectivity index (χ2n) is 4.32. The van der Waals surface area contributed by atoms with E-state index in [4.69, 9.17) is 0 Å². The molecule has 0 aliphatic heterocycles. The van der Waals surface area contributed by atoms with Gasteiger partial charge in [-0.05, 0) is 13.8 Å². The van der Waals surface area contributed by atoms with E-state index in [0.29, 0.717) is 24.6 Å². The van der Waals surface area contributed by atoms with Crippen molar-refractivity contribution in [3.05, 3.63) is 15.8 Å². The fourth-order valence-electron chi connectivity index (χ4n) is 1.71. The highest BCUT2D eigenvalue weighted by molar-refractivity contribution is 5.76. The molecule has 1 heterocycles. The number of aryl methyl sites for hydroxylation is 2. The number of carbonyl (C=O) groups is 1. The molecule has 0 unspecified atom stereocenters. The monoisotopic (exact) mass is 269 g/mol. The van der Waals surface area contributed by atoms with Gasteiger partial charge in [-0.2, -0.15) is 5.10 Å². The Morgan fingerprint density at radius 3 is 2.63 bits per heavy atom. The van der Waals surface area contributed by atoms with Gasteiger partial charge in [0.05, 0.1) is 4.92 Å². The van der Waals surface area contributed by atoms with Crippen LogP contribution in [0, 0.1) is 17.0 Å². The Hall–Kier alpha value is -2.12. The predicted molar refractivity (Wildman–Crippen MR) is 71.1 cm³/mol. The van der Waals surface area contributed by atoms with Crippen LogP contribution < -0.4 is 5.32 Å². The van der Waals surface area contributed by atoms with Crippen LogP contribution in [-0.2, 0) is 11.3 Å². The average Bonchev–Trinajstić information content (AvgIpc) is 2.65. The number of hydrogen-bond donors (Lipinski definition) is 1. The van der Waals surface area contributed by atoms with Crippen LogP contribution >= 0.6 is 0 Å². The number of hydrogen-bond acceptors (Lipinski definition) is 5. The largest absolute Gasteiger partial charge is 0.364 e. The Kier molecular flexibility index (Phi) is 4.85. The fourth-order valence-corrected chi connectivity index (χ4v) is 1.71. The van der Waals surface area contributed by atoms with Gasteiger partial charge in [0.1, 0.15) is 5.69 Å². The Morgan fingerprint density at radius 1 is 1.53 bits per heavy atom. The number of nitrogens with zero attached hydrogens (tertiary/aromatic N) is 4. The van der Waals surface area contributed by atoms with Gasteiger partial charge in [-0.3, -0.25) is 14.9 Å². The molecule has 8 heteroatoms. The van der Waals surface area contributed by atoms with E-state index >= 15 is 0 Å². The van der Waals surface area contributed by atoms with Crippen LogP contribution in [0.3, 0.4) is 0 Å². The summed E-state index contributed by atoms with van der Waals surface area (Å²) in [6, 6.07) is 0. The van der Waals surface area contributed by atoms with Crippen LogP contribution in [0.4, 0.5) is 11.5 Å². The van der Waals surface area contributed by atoms with E-state index in [1.165, 1.54) is 9.58 Å². The Bertz CT molecular complexity index is 481. The summed E-state index contributed by atoms with van der Waals surface area (Å²) in [6.07, 6.45) is 0.276. The molecule has 0 aromatic carbocycles. The SMILES string of the molecule is CCn1nc(C)c([N+](=O)[O-])c1NCCC(=O)N(C)C. The standard InChI is InChI=1S/C11H19N5O3/c1-5-15-11(10(16(18)19)8(2)13-15)12-7-6-9(17)14(3)4/h12H,5-7H2,1-4H3. The first kappa shape index (κ1) is 14.9.